The zero-order chi connectivity index (χ0) is 22.0. The lowest BCUT2D eigenvalue weighted by atomic mass is 10.1. The van der Waals surface area contributed by atoms with Crippen LogP contribution in [0.4, 0.5) is 5.69 Å². The normalized spacial score (nSPS) is 19.0. The third-order valence-corrected chi connectivity index (χ3v) is 7.00. The number of benzene rings is 4. The van der Waals surface area contributed by atoms with Crippen LogP contribution in [0.3, 0.4) is 0 Å². The van der Waals surface area contributed by atoms with Crippen LogP contribution in [0.15, 0.2) is 124 Å². The summed E-state index contributed by atoms with van der Waals surface area (Å²) in [5, 5.41) is 7.30. The lowest BCUT2D eigenvalue weighted by Gasteiger charge is -2.23. The summed E-state index contributed by atoms with van der Waals surface area (Å²) in [6.45, 7) is 0. The molecule has 0 amide bonds. The Morgan fingerprint density at radius 1 is 0.606 bits per heavy atom. The van der Waals surface area contributed by atoms with E-state index in [4.69, 9.17) is 9.98 Å². The maximum absolute atomic E-state index is 5.00. The Kier molecular flexibility index (Phi) is 5.17. The van der Waals surface area contributed by atoms with E-state index in [1.807, 2.05) is 48.2 Å². The zero-order valence-corrected chi connectivity index (χ0v) is 18.7. The molecular formula is C28H22N4S. The van der Waals surface area contributed by atoms with Gasteiger partial charge in [0, 0.05) is 21.7 Å². The minimum absolute atomic E-state index is 0.179. The predicted octanol–water partition coefficient (Wildman–Crippen LogP) is 6.40. The lowest BCUT2D eigenvalue weighted by molar-refractivity contribution is 0.756. The van der Waals surface area contributed by atoms with Gasteiger partial charge in [0.25, 0.3) is 0 Å². The van der Waals surface area contributed by atoms with Crippen molar-refractivity contribution in [3.63, 3.8) is 0 Å². The first kappa shape index (κ1) is 19.8. The molecule has 0 saturated carbocycles. The average Bonchev–Trinajstić information content (AvgIpc) is 3.34. The van der Waals surface area contributed by atoms with Gasteiger partial charge >= 0.3 is 0 Å². The van der Waals surface area contributed by atoms with Crippen LogP contribution in [-0.2, 0) is 0 Å². The molecule has 33 heavy (non-hydrogen) atoms. The van der Waals surface area contributed by atoms with E-state index in [0.29, 0.717) is 0 Å². The summed E-state index contributed by atoms with van der Waals surface area (Å²) >= 11 is 1.84. The van der Waals surface area contributed by atoms with Crippen molar-refractivity contribution in [1.82, 2.24) is 5.32 Å². The second-order valence-corrected chi connectivity index (χ2v) is 9.14. The summed E-state index contributed by atoms with van der Waals surface area (Å²) in [5.74, 6) is 1.67. The summed E-state index contributed by atoms with van der Waals surface area (Å²) in [6.07, 6.45) is -0.287. The van der Waals surface area contributed by atoms with Crippen molar-refractivity contribution in [1.29, 1.82) is 0 Å². The molecule has 4 aromatic carbocycles. The molecule has 2 aliphatic rings. The van der Waals surface area contributed by atoms with Crippen molar-refractivity contribution in [2.45, 2.75) is 16.4 Å². The van der Waals surface area contributed by atoms with Gasteiger partial charge in [-0.25, -0.2) is 9.98 Å². The highest BCUT2D eigenvalue weighted by Crippen LogP contribution is 2.46. The fourth-order valence-corrected chi connectivity index (χ4v) is 5.23. The zero-order valence-electron chi connectivity index (χ0n) is 17.8. The number of para-hydroxylation sites is 1. The molecule has 0 spiro atoms. The second kappa shape index (κ2) is 8.60. The first-order valence-corrected chi connectivity index (χ1v) is 11.9. The number of thioether (sulfide) groups is 1. The largest absolute Gasteiger partial charge is 0.368 e. The van der Waals surface area contributed by atoms with Crippen LogP contribution in [0.25, 0.3) is 0 Å². The maximum Gasteiger partial charge on any atom is 0.169 e. The van der Waals surface area contributed by atoms with Gasteiger partial charge in [-0.15, -0.1) is 0 Å². The maximum atomic E-state index is 5.00. The third-order valence-electron chi connectivity index (χ3n) is 5.77. The van der Waals surface area contributed by atoms with Gasteiger partial charge in [-0.1, -0.05) is 103 Å². The Balaban J connectivity index is 1.35. The smallest absolute Gasteiger partial charge is 0.169 e. The van der Waals surface area contributed by atoms with Crippen molar-refractivity contribution in [3.8, 4) is 0 Å². The summed E-state index contributed by atoms with van der Waals surface area (Å²) < 4.78 is 0. The van der Waals surface area contributed by atoms with Crippen LogP contribution < -0.4 is 10.6 Å². The highest BCUT2D eigenvalue weighted by atomic mass is 32.2. The van der Waals surface area contributed by atoms with Crippen LogP contribution in [0.2, 0.25) is 0 Å². The van der Waals surface area contributed by atoms with Gasteiger partial charge in [0.15, 0.2) is 6.17 Å². The van der Waals surface area contributed by atoms with Gasteiger partial charge in [-0.05, 0) is 29.3 Å². The quantitative estimate of drug-likeness (QED) is 0.381. The van der Waals surface area contributed by atoms with Crippen LogP contribution in [0.1, 0.15) is 33.8 Å². The van der Waals surface area contributed by atoms with Gasteiger partial charge in [-0.3, -0.25) is 0 Å². The molecule has 2 N–H and O–H groups in total. The number of aliphatic imine (C=N–C) groups is 2. The van der Waals surface area contributed by atoms with Crippen LogP contribution in [-0.4, -0.2) is 11.7 Å². The number of anilines is 1. The molecule has 4 aromatic rings. The second-order valence-electron chi connectivity index (χ2n) is 7.99. The number of nitrogens with one attached hydrogen (secondary N) is 2. The number of rotatable bonds is 4. The van der Waals surface area contributed by atoms with E-state index in [9.17, 15) is 0 Å². The van der Waals surface area contributed by atoms with Crippen LogP contribution in [0.5, 0.6) is 0 Å². The molecule has 0 bridgehead atoms. The van der Waals surface area contributed by atoms with Gasteiger partial charge in [0.1, 0.15) is 17.0 Å². The molecule has 2 unspecified atom stereocenters. The Morgan fingerprint density at radius 3 is 2.03 bits per heavy atom. The van der Waals surface area contributed by atoms with Gasteiger partial charge in [0.2, 0.25) is 0 Å². The van der Waals surface area contributed by atoms with Crippen LogP contribution >= 0.6 is 11.8 Å². The van der Waals surface area contributed by atoms with Gasteiger partial charge in [-0.2, -0.15) is 0 Å². The van der Waals surface area contributed by atoms with Crippen molar-refractivity contribution in [2.75, 3.05) is 5.32 Å². The highest BCUT2D eigenvalue weighted by molar-refractivity contribution is 8.00. The van der Waals surface area contributed by atoms with Gasteiger partial charge in [0.05, 0.1) is 0 Å². The van der Waals surface area contributed by atoms with Crippen molar-refractivity contribution in [3.05, 3.63) is 131 Å². The van der Waals surface area contributed by atoms with Crippen molar-refractivity contribution < 1.29 is 0 Å². The fraction of sp³-hybridized carbons (Fsp3) is 0.0714. The predicted molar refractivity (Wildman–Crippen MR) is 137 cm³/mol. The number of fused-ring (bicyclic) bond motifs is 1. The topological polar surface area (TPSA) is 48.8 Å². The first-order chi connectivity index (χ1) is 16.3. The van der Waals surface area contributed by atoms with E-state index in [1.165, 1.54) is 16.1 Å². The van der Waals surface area contributed by atoms with E-state index in [0.717, 1.165) is 28.4 Å². The molecule has 5 heteroatoms. The monoisotopic (exact) mass is 446 g/mol. The van der Waals surface area contributed by atoms with Crippen molar-refractivity contribution >= 4 is 29.1 Å². The molecule has 0 aromatic heterocycles. The molecule has 2 aliphatic heterocycles. The Hall–Kier alpha value is -3.83. The molecule has 2 heterocycles. The van der Waals surface area contributed by atoms with E-state index in [1.54, 1.807) is 0 Å². The number of amidine groups is 2. The molecule has 160 valence electrons. The molecule has 0 fully saturated rings. The molecule has 0 radical (unpaired) electrons. The Bertz CT molecular complexity index is 1320. The van der Waals surface area contributed by atoms with Gasteiger partial charge < -0.3 is 10.6 Å². The molecular weight excluding hydrogens is 424 g/mol. The SMILES string of the molecule is c1ccc(C2=NC(c3ccccc3)N=C(c3cccc(C4Nc5ccccc5S4)c3)N2)cc1. The fourth-order valence-electron chi connectivity index (χ4n) is 4.10. The number of nitrogens with zero attached hydrogens (tertiary/aromatic N) is 2. The third kappa shape index (κ3) is 4.03. The minimum Gasteiger partial charge on any atom is -0.368 e. The summed E-state index contributed by atoms with van der Waals surface area (Å²) in [6, 6.07) is 37.5. The number of hydrogen-bond donors (Lipinski definition) is 2. The molecule has 0 aliphatic carbocycles. The molecule has 4 nitrogen and oxygen atoms in total. The molecule has 0 saturated heterocycles. The average molecular weight is 447 g/mol. The Morgan fingerprint density at radius 2 is 1.24 bits per heavy atom. The lowest BCUT2D eigenvalue weighted by Crippen LogP contribution is -2.36. The molecule has 6 rings (SSSR count). The summed E-state index contributed by atoms with van der Waals surface area (Å²) in [7, 11) is 0. The number of hydrogen-bond acceptors (Lipinski definition) is 5. The first-order valence-electron chi connectivity index (χ1n) is 11.0. The van der Waals surface area contributed by atoms with Crippen molar-refractivity contribution in [2.24, 2.45) is 9.98 Å². The molecule has 2 atom stereocenters. The Labute approximate surface area is 197 Å². The minimum atomic E-state index is -0.287. The van der Waals surface area contributed by atoms with Crippen LogP contribution in [0, 0.1) is 0 Å². The van der Waals surface area contributed by atoms with E-state index < -0.39 is 0 Å². The highest BCUT2D eigenvalue weighted by Gasteiger charge is 2.24. The standard InChI is InChI=1S/C28H22N4S/c1-3-10-19(11-4-1)25-30-26(20-12-5-2-6-13-20)32-27(31-25)21-14-9-15-22(18-21)28-29-23-16-7-8-17-24(23)33-28/h1-18,25,28-29H,(H,30,31,32). The van der Waals surface area contributed by atoms with E-state index in [2.05, 4.69) is 83.4 Å². The van der Waals surface area contributed by atoms with E-state index in [-0.39, 0.29) is 11.5 Å². The van der Waals surface area contributed by atoms with E-state index >= 15 is 0 Å². The summed E-state index contributed by atoms with van der Waals surface area (Å²) in [4.78, 5) is 11.2. The summed E-state index contributed by atoms with van der Waals surface area (Å²) in [5.41, 5.74) is 5.58.